The van der Waals surface area contributed by atoms with Gasteiger partial charge in [0.05, 0.1) is 23.5 Å². The minimum atomic E-state index is -0.497. The molecule has 0 radical (unpaired) electrons. The van der Waals surface area contributed by atoms with Crippen molar-refractivity contribution < 1.29 is 9.53 Å². The van der Waals surface area contributed by atoms with Crippen molar-refractivity contribution in [1.82, 2.24) is 34.6 Å². The minimum Gasteiger partial charge on any atom is -0.444 e. The maximum Gasteiger partial charge on any atom is 0.407 e. The maximum atomic E-state index is 11.9. The fourth-order valence-corrected chi connectivity index (χ4v) is 4.71. The molecule has 11 nitrogen and oxygen atoms in total. The summed E-state index contributed by atoms with van der Waals surface area (Å²) in [6, 6.07) is 8.41. The zero-order chi connectivity index (χ0) is 27.6. The Morgan fingerprint density at radius 3 is 2.49 bits per heavy atom. The van der Waals surface area contributed by atoms with E-state index in [0.29, 0.717) is 12.1 Å². The number of aromatic nitrogens is 5. The molecule has 11 heteroatoms. The second kappa shape index (κ2) is 10.7. The van der Waals surface area contributed by atoms with E-state index in [2.05, 4.69) is 43.5 Å². The average molecular weight is 528 g/mol. The van der Waals surface area contributed by atoms with Gasteiger partial charge in [-0.25, -0.2) is 14.3 Å². The Balaban J connectivity index is 1.26. The highest BCUT2D eigenvalue weighted by Crippen LogP contribution is 2.32. The average Bonchev–Trinajstić information content (AvgIpc) is 3.53. The van der Waals surface area contributed by atoms with Crippen LogP contribution in [0.25, 0.3) is 27.8 Å². The molecule has 0 saturated carbocycles. The van der Waals surface area contributed by atoms with E-state index in [1.54, 1.807) is 15.4 Å². The van der Waals surface area contributed by atoms with Gasteiger partial charge < -0.3 is 15.0 Å². The lowest BCUT2D eigenvalue weighted by Gasteiger charge is -2.35. The van der Waals surface area contributed by atoms with Crippen LogP contribution in [-0.4, -0.2) is 80.2 Å². The van der Waals surface area contributed by atoms with Crippen molar-refractivity contribution in [2.75, 3.05) is 44.2 Å². The molecule has 1 N–H and O–H groups in total. The van der Waals surface area contributed by atoms with E-state index in [1.807, 2.05) is 58.7 Å². The molecule has 0 bridgehead atoms. The highest BCUT2D eigenvalue weighted by atomic mass is 16.6. The number of rotatable bonds is 6. The number of nitriles is 1. The van der Waals surface area contributed by atoms with Crippen LogP contribution >= 0.6 is 0 Å². The Bertz CT molecular complexity index is 1500. The number of alkyl carbamates (subject to hydrolysis) is 1. The van der Waals surface area contributed by atoms with Crippen LogP contribution < -0.4 is 10.2 Å². The molecule has 5 rings (SSSR count). The SMILES string of the molecule is Cn1cc(-c2cc(-c3ccc(N4CCN(CCNC(=O)OC(C)(C)C)CC4)nc3)c3c(C#N)cnn3c2)cn1. The number of pyridine rings is 2. The molecule has 202 valence electrons. The highest BCUT2D eigenvalue weighted by molar-refractivity contribution is 5.87. The lowest BCUT2D eigenvalue weighted by Crippen LogP contribution is -2.49. The third-order valence-electron chi connectivity index (χ3n) is 6.62. The first-order valence-corrected chi connectivity index (χ1v) is 13.0. The van der Waals surface area contributed by atoms with Gasteiger partial charge in [-0.3, -0.25) is 9.58 Å². The summed E-state index contributed by atoms with van der Waals surface area (Å²) in [5.74, 6) is 0.915. The van der Waals surface area contributed by atoms with Crippen LogP contribution in [-0.2, 0) is 11.8 Å². The number of amides is 1. The van der Waals surface area contributed by atoms with Gasteiger partial charge in [0.15, 0.2) is 0 Å². The normalized spacial score (nSPS) is 14.4. The zero-order valence-corrected chi connectivity index (χ0v) is 22.8. The van der Waals surface area contributed by atoms with Crippen molar-refractivity contribution >= 4 is 17.4 Å². The summed E-state index contributed by atoms with van der Waals surface area (Å²) in [4.78, 5) is 21.2. The number of anilines is 1. The van der Waals surface area contributed by atoms with E-state index in [4.69, 9.17) is 9.72 Å². The predicted octanol–water partition coefficient (Wildman–Crippen LogP) is 3.32. The molecule has 0 atom stereocenters. The van der Waals surface area contributed by atoms with E-state index < -0.39 is 5.60 Å². The van der Waals surface area contributed by atoms with Crippen molar-refractivity contribution in [2.24, 2.45) is 7.05 Å². The van der Waals surface area contributed by atoms with Gasteiger partial charge in [-0.2, -0.15) is 15.5 Å². The van der Waals surface area contributed by atoms with Gasteiger partial charge in [0.2, 0.25) is 0 Å². The number of nitrogens with zero attached hydrogens (tertiary/aromatic N) is 8. The molecule has 0 aliphatic carbocycles. The summed E-state index contributed by atoms with van der Waals surface area (Å²) in [6.07, 6.45) is 8.76. The number of hydrogen-bond donors (Lipinski definition) is 1. The molecule has 4 aromatic rings. The Morgan fingerprint density at radius 1 is 1.05 bits per heavy atom. The summed E-state index contributed by atoms with van der Waals surface area (Å²) in [5.41, 5.74) is 4.52. The van der Waals surface area contributed by atoms with Crippen LogP contribution in [0.5, 0.6) is 0 Å². The lowest BCUT2D eigenvalue weighted by molar-refractivity contribution is 0.0521. The number of piperazine rings is 1. The number of nitrogens with one attached hydrogen (secondary N) is 1. The van der Waals surface area contributed by atoms with Crippen LogP contribution in [0.2, 0.25) is 0 Å². The van der Waals surface area contributed by atoms with E-state index in [-0.39, 0.29) is 6.09 Å². The van der Waals surface area contributed by atoms with Crippen LogP contribution in [0.4, 0.5) is 10.6 Å². The topological polar surface area (TPSA) is 117 Å². The Morgan fingerprint density at radius 2 is 1.85 bits per heavy atom. The van der Waals surface area contributed by atoms with Crippen LogP contribution in [0, 0.1) is 11.3 Å². The molecule has 1 fully saturated rings. The Labute approximate surface area is 227 Å². The van der Waals surface area contributed by atoms with Gasteiger partial charge in [-0.15, -0.1) is 0 Å². The van der Waals surface area contributed by atoms with E-state index in [9.17, 15) is 10.1 Å². The predicted molar refractivity (Wildman–Crippen MR) is 148 cm³/mol. The van der Waals surface area contributed by atoms with Crippen molar-refractivity contribution in [1.29, 1.82) is 5.26 Å². The lowest BCUT2D eigenvalue weighted by atomic mass is 10.0. The summed E-state index contributed by atoms with van der Waals surface area (Å²) < 4.78 is 8.81. The monoisotopic (exact) mass is 527 g/mol. The third-order valence-corrected chi connectivity index (χ3v) is 6.62. The number of carbonyl (C=O) groups is 1. The fourth-order valence-electron chi connectivity index (χ4n) is 4.71. The number of hydrogen-bond acceptors (Lipinski definition) is 8. The van der Waals surface area contributed by atoms with Gasteiger partial charge in [-0.1, -0.05) is 0 Å². The van der Waals surface area contributed by atoms with Gasteiger partial charge in [-0.05, 0) is 39.0 Å². The first-order chi connectivity index (χ1) is 18.7. The van der Waals surface area contributed by atoms with Gasteiger partial charge in [0.1, 0.15) is 17.5 Å². The van der Waals surface area contributed by atoms with Crippen molar-refractivity contribution in [3.63, 3.8) is 0 Å². The summed E-state index contributed by atoms with van der Waals surface area (Å²) >= 11 is 0. The van der Waals surface area contributed by atoms with E-state index >= 15 is 0 Å². The van der Waals surface area contributed by atoms with Crippen LogP contribution in [0.1, 0.15) is 26.3 Å². The molecule has 1 aliphatic heterocycles. The summed E-state index contributed by atoms with van der Waals surface area (Å²) in [6.45, 7) is 10.4. The smallest absolute Gasteiger partial charge is 0.407 e. The number of ether oxygens (including phenoxy) is 1. The second-order valence-corrected chi connectivity index (χ2v) is 10.7. The van der Waals surface area contributed by atoms with E-state index in [1.165, 1.54) is 0 Å². The fraction of sp³-hybridized carbons (Fsp3) is 0.393. The molecule has 1 amide bonds. The first-order valence-electron chi connectivity index (χ1n) is 13.0. The molecule has 0 aromatic carbocycles. The van der Waals surface area contributed by atoms with Gasteiger partial charge in [0, 0.05) is 87.2 Å². The summed E-state index contributed by atoms with van der Waals surface area (Å²) in [7, 11) is 1.88. The largest absolute Gasteiger partial charge is 0.444 e. The van der Waals surface area contributed by atoms with Gasteiger partial charge in [0.25, 0.3) is 0 Å². The molecular formula is C28H33N9O2. The number of aryl methyl sites for hydroxylation is 1. The standard InChI is InChI=1S/C28H33N9O2/c1-28(2,3)39-27(38)30-7-8-35-9-11-36(12-10-35)25-6-5-20(15-31-25)24-13-21(23-17-32-34(4)18-23)19-37-26(24)22(14-29)16-33-37/h5-6,13,15-19H,7-12H2,1-4H3,(H,30,38). The maximum absolute atomic E-state index is 11.9. The number of fused-ring (bicyclic) bond motifs is 1. The Kier molecular flexibility index (Phi) is 7.21. The quantitative estimate of drug-likeness (QED) is 0.406. The molecule has 1 saturated heterocycles. The molecule has 0 spiro atoms. The molecule has 0 unspecified atom stereocenters. The van der Waals surface area contributed by atoms with Gasteiger partial charge >= 0.3 is 6.09 Å². The minimum absolute atomic E-state index is 0.383. The number of carbonyl (C=O) groups excluding carboxylic acids is 1. The Hall–Kier alpha value is -4.43. The highest BCUT2D eigenvalue weighted by Gasteiger charge is 2.20. The van der Waals surface area contributed by atoms with Crippen molar-refractivity contribution in [3.8, 4) is 28.3 Å². The van der Waals surface area contributed by atoms with Crippen molar-refractivity contribution in [2.45, 2.75) is 26.4 Å². The molecular weight excluding hydrogens is 494 g/mol. The molecule has 4 aromatic heterocycles. The van der Waals surface area contributed by atoms with Crippen LogP contribution in [0.3, 0.4) is 0 Å². The van der Waals surface area contributed by atoms with Crippen LogP contribution in [0.15, 0.2) is 49.2 Å². The first kappa shape index (κ1) is 26.2. The molecule has 5 heterocycles. The van der Waals surface area contributed by atoms with Crippen molar-refractivity contribution in [3.05, 3.63) is 54.7 Å². The third kappa shape index (κ3) is 6.02. The zero-order valence-electron chi connectivity index (χ0n) is 22.8. The van der Waals surface area contributed by atoms with E-state index in [0.717, 1.165) is 66.3 Å². The molecule has 39 heavy (non-hydrogen) atoms. The summed E-state index contributed by atoms with van der Waals surface area (Å²) in [5, 5.41) is 21.2. The molecule has 1 aliphatic rings. The second-order valence-electron chi connectivity index (χ2n) is 10.7.